The lowest BCUT2D eigenvalue weighted by atomic mass is 10.0. The molecule has 220 valence electrons. The Morgan fingerprint density at radius 1 is 0.927 bits per heavy atom. The molecule has 0 fully saturated rings. The number of benzene rings is 3. The first-order valence-electron chi connectivity index (χ1n) is 13.9. The predicted molar refractivity (Wildman–Crippen MR) is 169 cm³/mol. The monoisotopic (exact) mass is 641 g/mol. The molecule has 0 unspecified atom stereocenters. The molecule has 0 radical (unpaired) electrons. The van der Waals surface area contributed by atoms with Crippen LogP contribution in [-0.2, 0) is 32.6 Å². The van der Waals surface area contributed by atoms with E-state index in [4.69, 9.17) is 0 Å². The topological polar surface area (TPSA) is 86.8 Å². The van der Waals surface area contributed by atoms with E-state index in [9.17, 15) is 18.0 Å². The van der Waals surface area contributed by atoms with Gasteiger partial charge in [-0.15, -0.1) is 0 Å². The van der Waals surface area contributed by atoms with Crippen LogP contribution in [0.1, 0.15) is 56.2 Å². The van der Waals surface area contributed by atoms with Gasteiger partial charge in [0.25, 0.3) is 0 Å². The van der Waals surface area contributed by atoms with E-state index in [1.807, 2.05) is 87.5 Å². The van der Waals surface area contributed by atoms with Crippen LogP contribution in [-0.4, -0.2) is 50.5 Å². The highest BCUT2D eigenvalue weighted by molar-refractivity contribution is 9.10. The molecule has 0 aliphatic heterocycles. The maximum Gasteiger partial charge on any atom is 0.244 e. The molecule has 2 amide bonds. The maximum absolute atomic E-state index is 14.2. The number of hydrogen-bond acceptors (Lipinski definition) is 4. The van der Waals surface area contributed by atoms with Crippen LogP contribution in [0.3, 0.4) is 0 Å². The summed E-state index contributed by atoms with van der Waals surface area (Å²) in [6, 6.07) is 23.5. The Hall–Kier alpha value is -3.17. The zero-order chi connectivity index (χ0) is 30.0. The summed E-state index contributed by atoms with van der Waals surface area (Å²) < 4.78 is 28.2. The van der Waals surface area contributed by atoms with Crippen molar-refractivity contribution in [2.75, 3.05) is 23.7 Å². The maximum atomic E-state index is 14.2. The second kappa shape index (κ2) is 15.2. The van der Waals surface area contributed by atoms with E-state index in [0.717, 1.165) is 44.6 Å². The summed E-state index contributed by atoms with van der Waals surface area (Å²) in [6.07, 6.45) is 3.13. The van der Waals surface area contributed by atoms with E-state index in [2.05, 4.69) is 21.2 Å². The van der Waals surface area contributed by atoms with Crippen LogP contribution >= 0.6 is 15.9 Å². The highest BCUT2D eigenvalue weighted by atomic mass is 79.9. The van der Waals surface area contributed by atoms with E-state index in [1.165, 1.54) is 4.90 Å². The molecule has 1 N–H and O–H groups in total. The number of carbonyl (C=O) groups is 2. The Bertz CT molecular complexity index is 1410. The van der Waals surface area contributed by atoms with Gasteiger partial charge >= 0.3 is 0 Å². The van der Waals surface area contributed by atoms with Gasteiger partial charge in [-0.05, 0) is 47.2 Å². The molecule has 0 spiro atoms. The van der Waals surface area contributed by atoms with Crippen LogP contribution in [0.5, 0.6) is 0 Å². The summed E-state index contributed by atoms with van der Waals surface area (Å²) in [5.41, 5.74) is 3.01. The van der Waals surface area contributed by atoms with Gasteiger partial charge in [0.05, 0.1) is 11.9 Å². The number of nitrogens with zero attached hydrogens (tertiary/aromatic N) is 2. The van der Waals surface area contributed by atoms with Crippen molar-refractivity contribution >= 4 is 43.5 Å². The number of amides is 2. The normalized spacial score (nSPS) is 12.1. The van der Waals surface area contributed by atoms with E-state index in [-0.39, 0.29) is 18.4 Å². The van der Waals surface area contributed by atoms with Crippen molar-refractivity contribution in [1.82, 2.24) is 10.2 Å². The van der Waals surface area contributed by atoms with Gasteiger partial charge in [0, 0.05) is 24.0 Å². The Morgan fingerprint density at radius 2 is 1.59 bits per heavy atom. The smallest absolute Gasteiger partial charge is 0.244 e. The largest absolute Gasteiger partial charge is 0.354 e. The van der Waals surface area contributed by atoms with Gasteiger partial charge in [-0.25, -0.2) is 8.42 Å². The van der Waals surface area contributed by atoms with Gasteiger partial charge in [-0.1, -0.05) is 104 Å². The molecule has 0 aliphatic carbocycles. The Labute approximate surface area is 253 Å². The molecule has 0 saturated heterocycles. The molecule has 0 bridgehead atoms. The first kappa shape index (κ1) is 32.3. The molecule has 0 aliphatic rings. The molecule has 41 heavy (non-hydrogen) atoms. The van der Waals surface area contributed by atoms with Gasteiger partial charge in [-0.2, -0.15) is 0 Å². The van der Waals surface area contributed by atoms with Crippen molar-refractivity contribution in [1.29, 1.82) is 0 Å². The van der Waals surface area contributed by atoms with Crippen molar-refractivity contribution < 1.29 is 18.0 Å². The molecule has 3 aromatic rings. The Balaban J connectivity index is 2.07. The number of halogens is 1. The number of nitrogens with one attached hydrogen (secondary N) is 1. The standard InChI is InChI=1S/C32H40BrN3O4S/c1-5-6-19-34-32(38)30(21-25-13-8-7-9-14-25)35(22-26-15-12-16-27(33)20-26)31(37)23-36(41(4,39)40)29-18-11-10-17-28(29)24(2)3/h7-18,20,24,30H,5-6,19,21-23H2,1-4H3,(H,34,38)/t30-/m1/s1. The molecular weight excluding hydrogens is 602 g/mol. The van der Waals surface area contributed by atoms with E-state index >= 15 is 0 Å². The van der Waals surface area contributed by atoms with Crippen LogP contribution in [0.2, 0.25) is 0 Å². The number of anilines is 1. The zero-order valence-corrected chi connectivity index (χ0v) is 26.6. The highest BCUT2D eigenvalue weighted by Gasteiger charge is 2.33. The fourth-order valence-electron chi connectivity index (χ4n) is 4.69. The van der Waals surface area contributed by atoms with Crippen LogP contribution in [0.4, 0.5) is 5.69 Å². The van der Waals surface area contributed by atoms with Gasteiger partial charge in [0.1, 0.15) is 12.6 Å². The molecule has 3 rings (SSSR count). The second-order valence-electron chi connectivity index (χ2n) is 10.5. The molecule has 3 aromatic carbocycles. The van der Waals surface area contributed by atoms with Crippen molar-refractivity contribution in [2.24, 2.45) is 0 Å². The minimum Gasteiger partial charge on any atom is -0.354 e. The molecule has 0 saturated carbocycles. The van der Waals surface area contributed by atoms with Crippen molar-refractivity contribution in [3.63, 3.8) is 0 Å². The van der Waals surface area contributed by atoms with Gasteiger partial charge in [0.2, 0.25) is 21.8 Å². The Kier molecular flexibility index (Phi) is 12.0. The molecular formula is C32H40BrN3O4S. The SMILES string of the molecule is CCCCNC(=O)[C@@H](Cc1ccccc1)N(Cc1cccc(Br)c1)C(=O)CN(c1ccccc1C(C)C)S(C)(=O)=O. The van der Waals surface area contributed by atoms with Gasteiger partial charge < -0.3 is 10.2 Å². The molecule has 0 aromatic heterocycles. The third-order valence-corrected chi connectivity index (χ3v) is 8.47. The van der Waals surface area contributed by atoms with Crippen LogP contribution < -0.4 is 9.62 Å². The lowest BCUT2D eigenvalue weighted by Gasteiger charge is -2.34. The van der Waals surface area contributed by atoms with Crippen molar-refractivity contribution in [3.05, 3.63) is 100 Å². The fraction of sp³-hybridized carbons (Fsp3) is 0.375. The number of carbonyl (C=O) groups excluding carboxylic acids is 2. The summed E-state index contributed by atoms with van der Waals surface area (Å²) in [7, 11) is -3.83. The lowest BCUT2D eigenvalue weighted by Crippen LogP contribution is -2.53. The summed E-state index contributed by atoms with van der Waals surface area (Å²) >= 11 is 3.50. The van der Waals surface area contributed by atoms with Gasteiger partial charge in [0.15, 0.2) is 0 Å². The zero-order valence-electron chi connectivity index (χ0n) is 24.2. The van der Waals surface area contributed by atoms with Gasteiger partial charge in [-0.3, -0.25) is 13.9 Å². The molecule has 1 atom stereocenters. The summed E-state index contributed by atoms with van der Waals surface area (Å²) in [6.45, 7) is 6.22. The lowest BCUT2D eigenvalue weighted by molar-refractivity contribution is -0.140. The number of hydrogen-bond donors (Lipinski definition) is 1. The first-order chi connectivity index (χ1) is 19.5. The number of para-hydroxylation sites is 1. The average molecular weight is 643 g/mol. The third-order valence-electron chi connectivity index (χ3n) is 6.85. The summed E-state index contributed by atoms with van der Waals surface area (Å²) in [5, 5.41) is 3.00. The highest BCUT2D eigenvalue weighted by Crippen LogP contribution is 2.29. The van der Waals surface area contributed by atoms with E-state index in [1.54, 1.807) is 12.1 Å². The van der Waals surface area contributed by atoms with Crippen LogP contribution in [0.25, 0.3) is 0 Å². The predicted octanol–water partition coefficient (Wildman–Crippen LogP) is 5.89. The summed E-state index contributed by atoms with van der Waals surface area (Å²) in [5.74, 6) is -0.682. The fourth-order valence-corrected chi connectivity index (χ4v) is 6.00. The second-order valence-corrected chi connectivity index (χ2v) is 13.3. The first-order valence-corrected chi connectivity index (χ1v) is 16.6. The molecule has 9 heteroatoms. The van der Waals surface area contributed by atoms with Crippen LogP contribution in [0, 0.1) is 0 Å². The minimum absolute atomic E-state index is 0.0403. The molecule has 0 heterocycles. The minimum atomic E-state index is -3.83. The van der Waals surface area contributed by atoms with Crippen molar-refractivity contribution in [3.8, 4) is 0 Å². The number of rotatable bonds is 14. The van der Waals surface area contributed by atoms with E-state index < -0.39 is 28.5 Å². The number of sulfonamides is 1. The molecule has 7 nitrogen and oxygen atoms in total. The average Bonchev–Trinajstić information content (AvgIpc) is 2.93. The third kappa shape index (κ3) is 9.43. The van der Waals surface area contributed by atoms with Crippen molar-refractivity contribution in [2.45, 2.75) is 58.5 Å². The number of unbranched alkanes of at least 4 members (excludes halogenated alkanes) is 1. The quantitative estimate of drug-likeness (QED) is 0.222. The van der Waals surface area contributed by atoms with Crippen LogP contribution in [0.15, 0.2) is 83.3 Å². The summed E-state index contributed by atoms with van der Waals surface area (Å²) in [4.78, 5) is 29.4. The Morgan fingerprint density at radius 3 is 2.22 bits per heavy atom. The van der Waals surface area contributed by atoms with E-state index in [0.29, 0.717) is 18.7 Å².